The Morgan fingerprint density at radius 3 is 2.10 bits per heavy atom. The second kappa shape index (κ2) is 13.3. The Labute approximate surface area is 132 Å². The Balaban J connectivity index is 1.83. The molecule has 1 rings (SSSR count). The van der Waals surface area contributed by atoms with Gasteiger partial charge in [-0.2, -0.15) is 0 Å². The van der Waals surface area contributed by atoms with Crippen molar-refractivity contribution in [3.63, 3.8) is 0 Å². The molecule has 3 nitrogen and oxygen atoms in total. The molecule has 1 aliphatic heterocycles. The van der Waals surface area contributed by atoms with E-state index in [1.807, 2.05) is 0 Å². The van der Waals surface area contributed by atoms with Gasteiger partial charge in [0.25, 0.3) is 0 Å². The molecule has 0 aliphatic carbocycles. The van der Waals surface area contributed by atoms with Crippen LogP contribution in [0.1, 0.15) is 84.0 Å². The second-order valence-electron chi connectivity index (χ2n) is 6.42. The Morgan fingerprint density at radius 2 is 1.52 bits per heavy atom. The Kier molecular flexibility index (Phi) is 11.8. The molecule has 1 unspecified atom stereocenters. The van der Waals surface area contributed by atoms with Crippen molar-refractivity contribution in [3.8, 4) is 0 Å². The van der Waals surface area contributed by atoms with E-state index >= 15 is 0 Å². The van der Waals surface area contributed by atoms with Crippen LogP contribution in [0.15, 0.2) is 4.99 Å². The summed E-state index contributed by atoms with van der Waals surface area (Å²) in [5.74, 6) is 0. The number of aliphatic imine (C=N–C) groups is 1. The molecule has 0 bridgehead atoms. The van der Waals surface area contributed by atoms with E-state index in [0.717, 1.165) is 19.6 Å². The molecule has 2 N–H and O–H groups in total. The molecule has 0 aromatic rings. The van der Waals surface area contributed by atoms with Gasteiger partial charge in [-0.05, 0) is 12.8 Å². The van der Waals surface area contributed by atoms with Crippen LogP contribution in [0, 0.1) is 0 Å². The molecule has 1 aliphatic rings. The zero-order chi connectivity index (χ0) is 15.2. The Morgan fingerprint density at radius 1 is 0.952 bits per heavy atom. The van der Waals surface area contributed by atoms with E-state index < -0.39 is 0 Å². The van der Waals surface area contributed by atoms with E-state index in [0.29, 0.717) is 6.17 Å². The van der Waals surface area contributed by atoms with Crippen LogP contribution in [-0.4, -0.2) is 36.9 Å². The number of hydrogen-bond acceptors (Lipinski definition) is 3. The van der Waals surface area contributed by atoms with Crippen molar-refractivity contribution in [1.82, 2.24) is 4.90 Å². The maximum atomic E-state index is 5.63. The Hall–Kier alpha value is -0.410. The van der Waals surface area contributed by atoms with Crippen LogP contribution in [-0.2, 0) is 0 Å². The SMILES string of the molecule is CCCCCCCCCCCCCC1N=CCN1CCN. The monoisotopic (exact) mass is 295 g/mol. The van der Waals surface area contributed by atoms with Crippen molar-refractivity contribution >= 4 is 6.21 Å². The zero-order valence-corrected chi connectivity index (χ0v) is 14.2. The third-order valence-electron chi connectivity index (χ3n) is 4.50. The van der Waals surface area contributed by atoms with Gasteiger partial charge < -0.3 is 5.73 Å². The van der Waals surface area contributed by atoms with Crippen molar-refractivity contribution in [2.45, 2.75) is 90.1 Å². The Bertz CT molecular complexity index is 253. The summed E-state index contributed by atoms with van der Waals surface area (Å²) in [4.78, 5) is 6.96. The molecule has 1 atom stereocenters. The predicted molar refractivity (Wildman–Crippen MR) is 94.0 cm³/mol. The lowest BCUT2D eigenvalue weighted by molar-refractivity contribution is 0.241. The van der Waals surface area contributed by atoms with Crippen LogP contribution in [0.4, 0.5) is 0 Å². The van der Waals surface area contributed by atoms with Gasteiger partial charge in [0.15, 0.2) is 0 Å². The van der Waals surface area contributed by atoms with Gasteiger partial charge in [-0.15, -0.1) is 0 Å². The van der Waals surface area contributed by atoms with Crippen LogP contribution < -0.4 is 5.73 Å². The van der Waals surface area contributed by atoms with Gasteiger partial charge in [-0.3, -0.25) is 9.89 Å². The average Bonchev–Trinajstić information content (AvgIpc) is 2.92. The number of nitrogens with zero attached hydrogens (tertiary/aromatic N) is 2. The fraction of sp³-hybridized carbons (Fsp3) is 0.944. The van der Waals surface area contributed by atoms with Gasteiger partial charge in [-0.1, -0.05) is 71.1 Å². The van der Waals surface area contributed by atoms with Gasteiger partial charge >= 0.3 is 0 Å². The predicted octanol–water partition coefficient (Wildman–Crippen LogP) is 4.36. The highest BCUT2D eigenvalue weighted by molar-refractivity contribution is 5.62. The molecule has 0 saturated heterocycles. The zero-order valence-electron chi connectivity index (χ0n) is 14.2. The molecule has 124 valence electrons. The quantitative estimate of drug-likeness (QED) is 0.484. The maximum absolute atomic E-state index is 5.63. The van der Waals surface area contributed by atoms with Crippen LogP contribution in [0.3, 0.4) is 0 Å². The summed E-state index contributed by atoms with van der Waals surface area (Å²) in [5, 5.41) is 0. The van der Waals surface area contributed by atoms with Crippen molar-refractivity contribution < 1.29 is 0 Å². The molecule has 0 saturated carbocycles. The minimum atomic E-state index is 0.423. The summed E-state index contributed by atoms with van der Waals surface area (Å²) in [6.07, 6.45) is 19.2. The van der Waals surface area contributed by atoms with E-state index in [9.17, 15) is 0 Å². The largest absolute Gasteiger partial charge is 0.329 e. The van der Waals surface area contributed by atoms with E-state index in [4.69, 9.17) is 5.73 Å². The molecule has 0 aromatic heterocycles. The topological polar surface area (TPSA) is 41.6 Å². The smallest absolute Gasteiger partial charge is 0.102 e. The molecule has 1 heterocycles. The lowest BCUT2D eigenvalue weighted by Gasteiger charge is -2.21. The van der Waals surface area contributed by atoms with E-state index in [1.165, 1.54) is 77.0 Å². The molecule has 21 heavy (non-hydrogen) atoms. The van der Waals surface area contributed by atoms with Crippen LogP contribution >= 0.6 is 0 Å². The summed E-state index contributed by atoms with van der Waals surface area (Å²) in [7, 11) is 0. The lowest BCUT2D eigenvalue weighted by atomic mass is 10.0. The van der Waals surface area contributed by atoms with Gasteiger partial charge in [0.2, 0.25) is 0 Å². The first-order valence-corrected chi connectivity index (χ1v) is 9.34. The van der Waals surface area contributed by atoms with Crippen molar-refractivity contribution in [2.75, 3.05) is 19.6 Å². The highest BCUT2D eigenvalue weighted by Gasteiger charge is 2.19. The van der Waals surface area contributed by atoms with E-state index in [-0.39, 0.29) is 0 Å². The van der Waals surface area contributed by atoms with Gasteiger partial charge in [0.05, 0.1) is 0 Å². The van der Waals surface area contributed by atoms with Gasteiger partial charge in [0, 0.05) is 25.8 Å². The molecule has 0 radical (unpaired) electrons. The van der Waals surface area contributed by atoms with Gasteiger partial charge in [-0.25, -0.2) is 0 Å². The van der Waals surface area contributed by atoms with E-state index in [1.54, 1.807) is 0 Å². The summed E-state index contributed by atoms with van der Waals surface area (Å²) < 4.78 is 0. The normalized spacial score (nSPS) is 18.7. The molecular weight excluding hydrogens is 258 g/mol. The molecule has 0 aromatic carbocycles. The summed E-state index contributed by atoms with van der Waals surface area (Å²) >= 11 is 0. The first-order chi connectivity index (χ1) is 10.4. The third kappa shape index (κ3) is 9.26. The average molecular weight is 296 g/mol. The third-order valence-corrected chi connectivity index (χ3v) is 4.50. The van der Waals surface area contributed by atoms with E-state index in [2.05, 4.69) is 23.0 Å². The molecular formula is C18H37N3. The number of hydrogen-bond donors (Lipinski definition) is 1. The van der Waals surface area contributed by atoms with Crippen molar-refractivity contribution in [1.29, 1.82) is 0 Å². The minimum Gasteiger partial charge on any atom is -0.329 e. The highest BCUT2D eigenvalue weighted by atomic mass is 15.3. The van der Waals surface area contributed by atoms with Crippen molar-refractivity contribution in [3.05, 3.63) is 0 Å². The number of nitrogens with two attached hydrogens (primary N) is 1. The van der Waals surface area contributed by atoms with Crippen LogP contribution in [0.5, 0.6) is 0 Å². The highest BCUT2D eigenvalue weighted by Crippen LogP contribution is 2.16. The molecule has 0 amide bonds. The second-order valence-corrected chi connectivity index (χ2v) is 6.42. The molecule has 0 fully saturated rings. The van der Waals surface area contributed by atoms with Gasteiger partial charge in [0.1, 0.15) is 6.17 Å². The maximum Gasteiger partial charge on any atom is 0.102 e. The van der Waals surface area contributed by atoms with Crippen molar-refractivity contribution in [2.24, 2.45) is 10.7 Å². The summed E-state index contributed by atoms with van der Waals surface area (Å²) in [5.41, 5.74) is 5.63. The molecule has 3 heteroatoms. The van der Waals surface area contributed by atoms with Crippen LogP contribution in [0.2, 0.25) is 0 Å². The summed E-state index contributed by atoms with van der Waals surface area (Å²) in [6, 6.07) is 0. The number of unbranched alkanes of at least 4 members (excludes halogenated alkanes) is 10. The van der Waals surface area contributed by atoms with Crippen LogP contribution in [0.25, 0.3) is 0 Å². The summed E-state index contributed by atoms with van der Waals surface area (Å²) in [6.45, 7) is 5.02. The number of rotatable bonds is 14. The standard InChI is InChI=1S/C18H37N3/c1-2-3-4-5-6-7-8-9-10-11-12-13-18-20-15-17-21(18)16-14-19/h15,18H,2-14,16-17,19H2,1H3. The molecule has 0 spiro atoms. The minimum absolute atomic E-state index is 0.423. The fourth-order valence-electron chi connectivity index (χ4n) is 3.14. The lowest BCUT2D eigenvalue weighted by Crippen LogP contribution is -2.34. The fourth-order valence-corrected chi connectivity index (χ4v) is 3.14. The first kappa shape index (κ1) is 18.6. The first-order valence-electron chi connectivity index (χ1n) is 9.34.